The predicted octanol–water partition coefficient (Wildman–Crippen LogP) is 1.30. The Morgan fingerprint density at radius 2 is 2.00 bits per heavy atom. The van der Waals surface area contributed by atoms with Crippen molar-refractivity contribution in [2.24, 2.45) is 0 Å². The van der Waals surface area contributed by atoms with Crippen LogP contribution in [0.1, 0.15) is 30.5 Å². The van der Waals surface area contributed by atoms with E-state index in [0.717, 1.165) is 15.4 Å². The molecule has 20 heavy (non-hydrogen) atoms. The van der Waals surface area contributed by atoms with E-state index in [-0.39, 0.29) is 19.0 Å². The van der Waals surface area contributed by atoms with E-state index in [1.54, 1.807) is 6.92 Å². The molecule has 0 saturated heterocycles. The van der Waals surface area contributed by atoms with Crippen LogP contribution in [0.3, 0.4) is 0 Å². The van der Waals surface area contributed by atoms with Gasteiger partial charge < -0.3 is 5.11 Å². The van der Waals surface area contributed by atoms with Gasteiger partial charge in [-0.2, -0.15) is 17.4 Å². The Kier molecular flexibility index (Phi) is 5.67. The van der Waals surface area contributed by atoms with Crippen LogP contribution in [-0.4, -0.2) is 37.4 Å². The van der Waals surface area contributed by atoms with Gasteiger partial charge in [-0.25, -0.2) is 0 Å². The van der Waals surface area contributed by atoms with Crippen LogP contribution in [0.5, 0.6) is 0 Å². The summed E-state index contributed by atoms with van der Waals surface area (Å²) in [5, 5.41) is 8.58. The van der Waals surface area contributed by atoms with Gasteiger partial charge in [0.2, 0.25) is 0 Å². The normalized spacial score (nSPS) is 13.4. The number of hydrogen-bond donors (Lipinski definition) is 2. The highest BCUT2D eigenvalue weighted by Crippen LogP contribution is 2.18. The van der Waals surface area contributed by atoms with E-state index in [9.17, 15) is 13.2 Å². The van der Waals surface area contributed by atoms with Gasteiger partial charge in [-0.05, 0) is 25.0 Å². The summed E-state index contributed by atoms with van der Waals surface area (Å²) >= 11 is 0. The van der Waals surface area contributed by atoms with Crippen molar-refractivity contribution in [2.45, 2.75) is 26.3 Å². The fourth-order valence-corrected chi connectivity index (χ4v) is 2.91. The molecular weight excluding hydrogens is 280 g/mol. The van der Waals surface area contributed by atoms with E-state index in [1.165, 1.54) is 7.05 Å². The molecule has 1 rings (SSSR count). The molecule has 0 aliphatic heterocycles. The molecule has 0 heterocycles. The second-order valence-corrected chi connectivity index (χ2v) is 6.48. The summed E-state index contributed by atoms with van der Waals surface area (Å²) in [5.41, 5.74) is 1.89. The number of aliphatic carboxylic acids is 1. The van der Waals surface area contributed by atoms with E-state index < -0.39 is 16.2 Å². The molecule has 1 aromatic rings. The number of carboxylic acid groups (broad SMARTS) is 1. The van der Waals surface area contributed by atoms with Crippen LogP contribution in [0.25, 0.3) is 0 Å². The van der Waals surface area contributed by atoms with E-state index >= 15 is 0 Å². The van der Waals surface area contributed by atoms with Gasteiger partial charge in [0.25, 0.3) is 10.2 Å². The smallest absolute Gasteiger partial charge is 0.304 e. The van der Waals surface area contributed by atoms with Crippen LogP contribution in [0, 0.1) is 6.92 Å². The molecule has 0 spiro atoms. The highest BCUT2D eigenvalue weighted by molar-refractivity contribution is 7.87. The van der Waals surface area contributed by atoms with Crippen LogP contribution >= 0.6 is 0 Å². The minimum absolute atomic E-state index is 0.0643. The summed E-state index contributed by atoms with van der Waals surface area (Å²) in [6.45, 7) is 3.60. The topological polar surface area (TPSA) is 86.7 Å². The number of carboxylic acids is 1. The van der Waals surface area contributed by atoms with Gasteiger partial charge in [0, 0.05) is 19.6 Å². The van der Waals surface area contributed by atoms with Crippen molar-refractivity contribution in [1.82, 2.24) is 9.03 Å². The first-order chi connectivity index (χ1) is 9.24. The molecule has 1 atom stereocenters. The summed E-state index contributed by atoms with van der Waals surface area (Å²) < 4.78 is 27.7. The summed E-state index contributed by atoms with van der Waals surface area (Å²) in [6, 6.07) is 7.13. The first-order valence-electron chi connectivity index (χ1n) is 6.25. The third-order valence-electron chi connectivity index (χ3n) is 3.03. The maximum Gasteiger partial charge on any atom is 0.304 e. The van der Waals surface area contributed by atoms with Crippen LogP contribution < -0.4 is 4.72 Å². The Labute approximate surface area is 119 Å². The fourth-order valence-electron chi connectivity index (χ4n) is 1.82. The summed E-state index contributed by atoms with van der Waals surface area (Å²) in [4.78, 5) is 10.5. The molecule has 2 N–H and O–H groups in total. The van der Waals surface area contributed by atoms with E-state index in [1.807, 2.05) is 31.2 Å². The van der Waals surface area contributed by atoms with Gasteiger partial charge in [-0.1, -0.05) is 24.3 Å². The SMILES string of the molecule is Cc1ccccc1[C@@H](C)NS(=O)(=O)N(C)CCC(=O)O. The molecule has 0 radical (unpaired) electrons. The zero-order chi connectivity index (χ0) is 15.3. The summed E-state index contributed by atoms with van der Waals surface area (Å²) in [7, 11) is -2.34. The lowest BCUT2D eigenvalue weighted by atomic mass is 10.0. The van der Waals surface area contributed by atoms with Crippen LogP contribution in [0.2, 0.25) is 0 Å². The molecule has 0 aromatic heterocycles. The van der Waals surface area contributed by atoms with Gasteiger partial charge >= 0.3 is 5.97 Å². The number of nitrogens with zero attached hydrogens (tertiary/aromatic N) is 1. The van der Waals surface area contributed by atoms with Gasteiger partial charge in [-0.3, -0.25) is 4.79 Å². The van der Waals surface area contributed by atoms with E-state index in [4.69, 9.17) is 5.11 Å². The molecule has 6 nitrogen and oxygen atoms in total. The second kappa shape index (κ2) is 6.83. The molecular formula is C13H20N2O4S. The predicted molar refractivity (Wildman–Crippen MR) is 76.5 cm³/mol. The standard InChI is InChI=1S/C13H20N2O4S/c1-10-6-4-5-7-12(10)11(2)14-20(18,19)15(3)9-8-13(16)17/h4-7,11,14H,8-9H2,1-3H3,(H,16,17)/t11-/m1/s1. The third-order valence-corrected chi connectivity index (χ3v) is 4.69. The lowest BCUT2D eigenvalue weighted by molar-refractivity contribution is -0.137. The summed E-state index contributed by atoms with van der Waals surface area (Å²) in [5.74, 6) is -1.03. The van der Waals surface area contributed by atoms with Crippen molar-refractivity contribution >= 4 is 16.2 Å². The molecule has 7 heteroatoms. The average molecular weight is 300 g/mol. The Hall–Kier alpha value is -1.44. The third kappa shape index (κ3) is 4.59. The molecule has 0 aliphatic carbocycles. The molecule has 0 unspecified atom stereocenters. The Morgan fingerprint density at radius 1 is 1.40 bits per heavy atom. The number of carbonyl (C=O) groups is 1. The lowest BCUT2D eigenvalue weighted by Gasteiger charge is -2.21. The fraction of sp³-hybridized carbons (Fsp3) is 0.462. The van der Waals surface area contributed by atoms with Crippen molar-refractivity contribution in [2.75, 3.05) is 13.6 Å². The maximum atomic E-state index is 12.1. The van der Waals surface area contributed by atoms with Crippen LogP contribution in [0.4, 0.5) is 0 Å². The monoisotopic (exact) mass is 300 g/mol. The van der Waals surface area contributed by atoms with Gasteiger partial charge in [0.05, 0.1) is 6.42 Å². The zero-order valence-electron chi connectivity index (χ0n) is 11.8. The highest BCUT2D eigenvalue weighted by atomic mass is 32.2. The summed E-state index contributed by atoms with van der Waals surface area (Å²) in [6.07, 6.45) is -0.226. The minimum Gasteiger partial charge on any atom is -0.481 e. The first kappa shape index (κ1) is 16.6. The number of hydrogen-bond acceptors (Lipinski definition) is 3. The van der Waals surface area contributed by atoms with Crippen LogP contribution in [0.15, 0.2) is 24.3 Å². The van der Waals surface area contributed by atoms with E-state index in [2.05, 4.69) is 4.72 Å². The first-order valence-corrected chi connectivity index (χ1v) is 7.69. The van der Waals surface area contributed by atoms with Gasteiger partial charge in [0.1, 0.15) is 0 Å². The van der Waals surface area contributed by atoms with Crippen molar-refractivity contribution < 1.29 is 18.3 Å². The Balaban J connectivity index is 2.75. The molecule has 0 amide bonds. The minimum atomic E-state index is -3.70. The molecule has 0 fully saturated rings. The Bertz CT molecular complexity index is 571. The number of nitrogens with one attached hydrogen (secondary N) is 1. The average Bonchev–Trinajstić information content (AvgIpc) is 2.35. The second-order valence-electron chi connectivity index (χ2n) is 4.67. The lowest BCUT2D eigenvalue weighted by Crippen LogP contribution is -2.40. The molecule has 112 valence electrons. The largest absolute Gasteiger partial charge is 0.481 e. The van der Waals surface area contributed by atoms with Gasteiger partial charge in [-0.15, -0.1) is 0 Å². The molecule has 0 saturated carbocycles. The maximum absolute atomic E-state index is 12.1. The highest BCUT2D eigenvalue weighted by Gasteiger charge is 2.22. The van der Waals surface area contributed by atoms with Crippen molar-refractivity contribution in [3.63, 3.8) is 0 Å². The molecule has 0 bridgehead atoms. The van der Waals surface area contributed by atoms with Crippen molar-refractivity contribution in [1.29, 1.82) is 0 Å². The van der Waals surface area contributed by atoms with Crippen molar-refractivity contribution in [3.8, 4) is 0 Å². The Morgan fingerprint density at radius 3 is 2.55 bits per heavy atom. The van der Waals surface area contributed by atoms with E-state index in [0.29, 0.717) is 0 Å². The quantitative estimate of drug-likeness (QED) is 0.794. The zero-order valence-corrected chi connectivity index (χ0v) is 12.6. The number of benzene rings is 1. The van der Waals surface area contributed by atoms with Gasteiger partial charge in [0.15, 0.2) is 0 Å². The molecule has 0 aliphatic rings. The number of rotatable bonds is 7. The van der Waals surface area contributed by atoms with Crippen LogP contribution in [-0.2, 0) is 15.0 Å². The molecule has 1 aromatic carbocycles. The van der Waals surface area contributed by atoms with Crippen molar-refractivity contribution in [3.05, 3.63) is 35.4 Å². The number of aryl methyl sites for hydroxylation is 1.